The Kier molecular flexibility index (Phi) is 3.15. The molecule has 0 atom stereocenters. The standard InChI is InChI=1S/C10H9IN2S/c11-8-3-1-7(2-4-8)10-13-6-9(5-12)14-10/h1-4,6H,5,12H2. The van der Waals surface area contributed by atoms with Gasteiger partial charge in [-0.25, -0.2) is 4.98 Å². The summed E-state index contributed by atoms with van der Waals surface area (Å²) in [6.07, 6.45) is 1.85. The lowest BCUT2D eigenvalue weighted by atomic mass is 10.2. The Morgan fingerprint density at radius 1 is 1.29 bits per heavy atom. The van der Waals surface area contributed by atoms with Gasteiger partial charge >= 0.3 is 0 Å². The number of rotatable bonds is 2. The first-order valence-electron chi connectivity index (χ1n) is 4.20. The van der Waals surface area contributed by atoms with Gasteiger partial charge in [0.15, 0.2) is 0 Å². The predicted octanol–water partition coefficient (Wildman–Crippen LogP) is 2.87. The summed E-state index contributed by atoms with van der Waals surface area (Å²) >= 11 is 3.94. The molecule has 1 aromatic heterocycles. The van der Waals surface area contributed by atoms with Crippen molar-refractivity contribution in [1.29, 1.82) is 0 Å². The normalized spacial score (nSPS) is 10.4. The zero-order chi connectivity index (χ0) is 9.97. The average Bonchev–Trinajstić information content (AvgIpc) is 2.67. The molecular weight excluding hydrogens is 307 g/mol. The van der Waals surface area contributed by atoms with Crippen LogP contribution in [0.5, 0.6) is 0 Å². The molecule has 0 fully saturated rings. The molecule has 0 aliphatic carbocycles. The molecule has 0 aliphatic heterocycles. The minimum atomic E-state index is 0.571. The number of thiazole rings is 1. The van der Waals surface area contributed by atoms with Crippen LogP contribution in [-0.2, 0) is 6.54 Å². The zero-order valence-electron chi connectivity index (χ0n) is 7.40. The third kappa shape index (κ3) is 2.13. The Morgan fingerprint density at radius 3 is 2.57 bits per heavy atom. The molecule has 0 unspecified atom stereocenters. The van der Waals surface area contributed by atoms with Crippen LogP contribution in [0.3, 0.4) is 0 Å². The van der Waals surface area contributed by atoms with Gasteiger partial charge in [-0.15, -0.1) is 11.3 Å². The van der Waals surface area contributed by atoms with Crippen molar-refractivity contribution in [2.45, 2.75) is 6.54 Å². The lowest BCUT2D eigenvalue weighted by Crippen LogP contribution is -1.91. The maximum Gasteiger partial charge on any atom is 0.123 e. The van der Waals surface area contributed by atoms with Gasteiger partial charge in [-0.1, -0.05) is 12.1 Å². The Bertz CT molecular complexity index is 422. The summed E-state index contributed by atoms with van der Waals surface area (Å²) in [5.41, 5.74) is 6.70. The van der Waals surface area contributed by atoms with Gasteiger partial charge < -0.3 is 5.73 Å². The fourth-order valence-corrected chi connectivity index (χ4v) is 2.28. The topological polar surface area (TPSA) is 38.9 Å². The smallest absolute Gasteiger partial charge is 0.123 e. The average molecular weight is 316 g/mol. The molecule has 14 heavy (non-hydrogen) atoms. The zero-order valence-corrected chi connectivity index (χ0v) is 10.4. The number of nitrogens with zero attached hydrogens (tertiary/aromatic N) is 1. The van der Waals surface area contributed by atoms with Gasteiger partial charge in [0.05, 0.1) is 0 Å². The first kappa shape index (κ1) is 10.1. The van der Waals surface area contributed by atoms with Gasteiger partial charge in [-0.2, -0.15) is 0 Å². The van der Waals surface area contributed by atoms with E-state index in [9.17, 15) is 0 Å². The van der Waals surface area contributed by atoms with Gasteiger partial charge in [-0.3, -0.25) is 0 Å². The van der Waals surface area contributed by atoms with Crippen molar-refractivity contribution >= 4 is 33.9 Å². The SMILES string of the molecule is NCc1cnc(-c2ccc(I)cc2)s1. The number of halogens is 1. The van der Waals surface area contributed by atoms with Crippen molar-refractivity contribution in [3.05, 3.63) is 38.9 Å². The van der Waals surface area contributed by atoms with E-state index in [-0.39, 0.29) is 0 Å². The second-order valence-electron chi connectivity index (χ2n) is 2.84. The number of benzene rings is 1. The highest BCUT2D eigenvalue weighted by atomic mass is 127. The lowest BCUT2D eigenvalue weighted by Gasteiger charge is -1.95. The van der Waals surface area contributed by atoms with E-state index < -0.39 is 0 Å². The van der Waals surface area contributed by atoms with E-state index in [1.807, 2.05) is 6.20 Å². The highest BCUT2D eigenvalue weighted by Gasteiger charge is 2.02. The van der Waals surface area contributed by atoms with Gasteiger partial charge in [0.1, 0.15) is 5.01 Å². The van der Waals surface area contributed by atoms with E-state index in [4.69, 9.17) is 5.73 Å². The quantitative estimate of drug-likeness (QED) is 0.865. The number of hydrogen-bond donors (Lipinski definition) is 1. The summed E-state index contributed by atoms with van der Waals surface area (Å²) in [6, 6.07) is 8.33. The molecule has 1 heterocycles. The monoisotopic (exact) mass is 316 g/mol. The van der Waals surface area contributed by atoms with E-state index in [1.54, 1.807) is 11.3 Å². The summed E-state index contributed by atoms with van der Waals surface area (Å²) < 4.78 is 1.24. The van der Waals surface area contributed by atoms with E-state index >= 15 is 0 Å². The minimum absolute atomic E-state index is 0.571. The maximum atomic E-state index is 5.53. The molecule has 2 N–H and O–H groups in total. The van der Waals surface area contributed by atoms with Gasteiger partial charge in [-0.05, 0) is 34.7 Å². The molecule has 72 valence electrons. The molecule has 0 amide bonds. The Hall–Kier alpha value is -0.460. The number of nitrogens with two attached hydrogens (primary N) is 1. The summed E-state index contributed by atoms with van der Waals surface area (Å²) in [4.78, 5) is 5.45. The van der Waals surface area contributed by atoms with E-state index in [0.29, 0.717) is 6.54 Å². The molecule has 0 aliphatic rings. The van der Waals surface area contributed by atoms with Crippen LogP contribution < -0.4 is 5.73 Å². The summed E-state index contributed by atoms with van der Waals surface area (Å²) in [6.45, 7) is 0.571. The van der Waals surface area contributed by atoms with Crippen LogP contribution >= 0.6 is 33.9 Å². The van der Waals surface area contributed by atoms with Crippen molar-refractivity contribution in [1.82, 2.24) is 4.98 Å². The van der Waals surface area contributed by atoms with Crippen LogP contribution in [0.1, 0.15) is 4.88 Å². The first-order valence-corrected chi connectivity index (χ1v) is 6.10. The second-order valence-corrected chi connectivity index (χ2v) is 5.20. The highest BCUT2D eigenvalue weighted by Crippen LogP contribution is 2.25. The van der Waals surface area contributed by atoms with Crippen molar-refractivity contribution in [2.24, 2.45) is 5.73 Å². The fourth-order valence-electron chi connectivity index (χ4n) is 1.13. The van der Waals surface area contributed by atoms with Crippen molar-refractivity contribution in [2.75, 3.05) is 0 Å². The Morgan fingerprint density at radius 2 is 2.00 bits per heavy atom. The van der Waals surface area contributed by atoms with E-state index in [1.165, 1.54) is 3.57 Å². The molecule has 4 heteroatoms. The highest BCUT2D eigenvalue weighted by molar-refractivity contribution is 14.1. The van der Waals surface area contributed by atoms with Gasteiger partial charge in [0.2, 0.25) is 0 Å². The fraction of sp³-hybridized carbons (Fsp3) is 0.100. The Labute approximate surface area is 100 Å². The van der Waals surface area contributed by atoms with Crippen molar-refractivity contribution < 1.29 is 0 Å². The van der Waals surface area contributed by atoms with Gasteiger partial charge in [0, 0.05) is 26.8 Å². The van der Waals surface area contributed by atoms with Crippen LogP contribution in [0, 0.1) is 3.57 Å². The molecular formula is C10H9IN2S. The number of hydrogen-bond acceptors (Lipinski definition) is 3. The van der Waals surface area contributed by atoms with E-state index in [2.05, 4.69) is 51.8 Å². The van der Waals surface area contributed by atoms with E-state index in [0.717, 1.165) is 15.4 Å². The molecule has 0 radical (unpaired) electrons. The molecule has 1 aromatic carbocycles. The Balaban J connectivity index is 2.34. The van der Waals surface area contributed by atoms with Crippen molar-refractivity contribution in [3.8, 4) is 10.6 Å². The summed E-state index contributed by atoms with van der Waals surface area (Å²) in [5, 5.41) is 1.04. The molecule has 2 aromatic rings. The second kappa shape index (κ2) is 4.37. The minimum Gasteiger partial charge on any atom is -0.326 e. The third-order valence-electron chi connectivity index (χ3n) is 1.85. The van der Waals surface area contributed by atoms with Crippen LogP contribution in [0.2, 0.25) is 0 Å². The predicted molar refractivity (Wildman–Crippen MR) is 68.2 cm³/mol. The third-order valence-corrected chi connectivity index (χ3v) is 3.63. The summed E-state index contributed by atoms with van der Waals surface area (Å²) in [5.74, 6) is 0. The molecule has 2 nitrogen and oxygen atoms in total. The number of aromatic nitrogens is 1. The van der Waals surface area contributed by atoms with Crippen LogP contribution in [0.15, 0.2) is 30.5 Å². The maximum absolute atomic E-state index is 5.53. The van der Waals surface area contributed by atoms with Crippen molar-refractivity contribution in [3.63, 3.8) is 0 Å². The van der Waals surface area contributed by atoms with Crippen LogP contribution in [0.25, 0.3) is 10.6 Å². The van der Waals surface area contributed by atoms with Gasteiger partial charge in [0.25, 0.3) is 0 Å². The molecule has 0 saturated carbocycles. The molecule has 0 spiro atoms. The largest absolute Gasteiger partial charge is 0.326 e. The molecule has 0 saturated heterocycles. The molecule has 0 bridgehead atoms. The first-order chi connectivity index (χ1) is 6.79. The lowest BCUT2D eigenvalue weighted by molar-refractivity contribution is 1.10. The summed E-state index contributed by atoms with van der Waals surface area (Å²) in [7, 11) is 0. The molecule has 2 rings (SSSR count). The van der Waals surface area contributed by atoms with Crippen LogP contribution in [0.4, 0.5) is 0 Å². The van der Waals surface area contributed by atoms with Crippen LogP contribution in [-0.4, -0.2) is 4.98 Å².